The SMILES string of the molecule is CC(C)(C)O[C@@H]1CCCN(N=C=O)C1. The average Bonchev–Trinajstić information content (AvgIpc) is 2.02. The summed E-state index contributed by atoms with van der Waals surface area (Å²) in [6.07, 6.45) is 3.81. The highest BCUT2D eigenvalue weighted by molar-refractivity contribution is 5.32. The van der Waals surface area contributed by atoms with E-state index in [1.807, 2.05) is 20.8 Å². The van der Waals surface area contributed by atoms with E-state index in [1.54, 1.807) is 11.1 Å². The molecule has 14 heavy (non-hydrogen) atoms. The molecule has 1 heterocycles. The average molecular weight is 198 g/mol. The Hall–Kier alpha value is -0.860. The monoisotopic (exact) mass is 198 g/mol. The summed E-state index contributed by atoms with van der Waals surface area (Å²) in [6, 6.07) is 0. The molecule has 0 aromatic rings. The third-order valence-electron chi connectivity index (χ3n) is 2.06. The Morgan fingerprint density at radius 2 is 2.21 bits per heavy atom. The number of carbonyl (C=O) groups excluding carboxylic acids is 1. The van der Waals surface area contributed by atoms with E-state index in [1.165, 1.54) is 0 Å². The molecular formula is C10H18N2O2. The number of isocyanates is 1. The van der Waals surface area contributed by atoms with Gasteiger partial charge in [0.15, 0.2) is 0 Å². The fourth-order valence-corrected chi connectivity index (χ4v) is 1.66. The van der Waals surface area contributed by atoms with E-state index < -0.39 is 0 Å². The molecule has 1 rings (SSSR count). The fourth-order valence-electron chi connectivity index (χ4n) is 1.66. The largest absolute Gasteiger partial charge is 0.371 e. The maximum absolute atomic E-state index is 10.1. The summed E-state index contributed by atoms with van der Waals surface area (Å²) in [6.45, 7) is 7.64. The van der Waals surface area contributed by atoms with Crippen molar-refractivity contribution in [3.63, 3.8) is 0 Å². The second-order valence-corrected chi connectivity index (χ2v) is 4.60. The highest BCUT2D eigenvalue weighted by Gasteiger charge is 2.24. The van der Waals surface area contributed by atoms with Crippen LogP contribution in [-0.4, -0.2) is 35.9 Å². The van der Waals surface area contributed by atoms with Gasteiger partial charge in [-0.15, -0.1) is 0 Å². The summed E-state index contributed by atoms with van der Waals surface area (Å²) in [7, 11) is 0. The first-order valence-corrected chi connectivity index (χ1v) is 5.02. The molecule has 1 fully saturated rings. The first kappa shape index (κ1) is 11.2. The van der Waals surface area contributed by atoms with Gasteiger partial charge in [-0.05, 0) is 33.6 Å². The summed E-state index contributed by atoms with van der Waals surface area (Å²) in [5, 5.41) is 5.34. The highest BCUT2D eigenvalue weighted by Crippen LogP contribution is 2.19. The van der Waals surface area contributed by atoms with Crippen molar-refractivity contribution < 1.29 is 9.53 Å². The number of rotatable bonds is 2. The maximum atomic E-state index is 10.1. The topological polar surface area (TPSA) is 41.9 Å². The summed E-state index contributed by atoms with van der Waals surface area (Å²) in [4.78, 5) is 10.1. The van der Waals surface area contributed by atoms with Gasteiger partial charge in [0.2, 0.25) is 0 Å². The zero-order valence-electron chi connectivity index (χ0n) is 9.12. The van der Waals surface area contributed by atoms with Crippen molar-refractivity contribution in [1.82, 2.24) is 5.01 Å². The second kappa shape index (κ2) is 4.58. The van der Waals surface area contributed by atoms with E-state index in [-0.39, 0.29) is 11.7 Å². The number of nitrogens with zero attached hydrogens (tertiary/aromatic N) is 2. The molecule has 4 heteroatoms. The molecule has 0 unspecified atom stereocenters. The number of piperidine rings is 1. The lowest BCUT2D eigenvalue weighted by atomic mass is 10.1. The molecular weight excluding hydrogens is 180 g/mol. The van der Waals surface area contributed by atoms with Crippen LogP contribution < -0.4 is 0 Å². The quantitative estimate of drug-likeness (QED) is 0.499. The number of hydrazone groups is 1. The smallest absolute Gasteiger partial charge is 0.258 e. The zero-order valence-corrected chi connectivity index (χ0v) is 9.12. The van der Waals surface area contributed by atoms with Crippen LogP contribution in [0.2, 0.25) is 0 Å². The van der Waals surface area contributed by atoms with Gasteiger partial charge in [-0.25, -0.2) is 4.79 Å². The molecule has 4 nitrogen and oxygen atoms in total. The first-order chi connectivity index (χ1) is 6.51. The molecule has 0 spiro atoms. The third-order valence-corrected chi connectivity index (χ3v) is 2.06. The summed E-state index contributed by atoms with van der Waals surface area (Å²) >= 11 is 0. The van der Waals surface area contributed by atoms with Gasteiger partial charge in [-0.2, -0.15) is 0 Å². The van der Waals surface area contributed by atoms with Crippen LogP contribution in [0.15, 0.2) is 5.10 Å². The molecule has 0 radical (unpaired) electrons. The normalized spacial score (nSPS) is 23.1. The Morgan fingerprint density at radius 1 is 1.50 bits per heavy atom. The van der Waals surface area contributed by atoms with Crippen molar-refractivity contribution in [3.05, 3.63) is 0 Å². The van der Waals surface area contributed by atoms with Crippen LogP contribution in [-0.2, 0) is 9.53 Å². The van der Waals surface area contributed by atoms with Gasteiger partial charge >= 0.3 is 0 Å². The predicted octanol–water partition coefficient (Wildman–Crippen LogP) is 1.52. The van der Waals surface area contributed by atoms with Crippen LogP contribution in [0.5, 0.6) is 0 Å². The lowest BCUT2D eigenvalue weighted by Crippen LogP contribution is -2.40. The summed E-state index contributed by atoms with van der Waals surface area (Å²) < 4.78 is 5.82. The van der Waals surface area contributed by atoms with Gasteiger partial charge in [-0.3, -0.25) is 5.01 Å². The Balaban J connectivity index is 2.44. The van der Waals surface area contributed by atoms with E-state index in [0.717, 1.165) is 19.4 Å². The molecule has 0 amide bonds. The van der Waals surface area contributed by atoms with Crippen molar-refractivity contribution in [1.29, 1.82) is 0 Å². The van der Waals surface area contributed by atoms with E-state index in [9.17, 15) is 4.79 Å². The standard InChI is InChI=1S/C10H18N2O2/c1-10(2,3)14-9-5-4-6-12(7-9)11-8-13/h9H,4-7H2,1-3H3/t9-/m1/s1. The number of hydrogen-bond acceptors (Lipinski definition) is 4. The van der Waals surface area contributed by atoms with E-state index in [0.29, 0.717) is 6.54 Å². The lowest BCUT2D eigenvalue weighted by Gasteiger charge is -2.34. The van der Waals surface area contributed by atoms with Crippen LogP contribution in [0, 0.1) is 0 Å². The van der Waals surface area contributed by atoms with Crippen LogP contribution in [0.3, 0.4) is 0 Å². The Morgan fingerprint density at radius 3 is 2.79 bits per heavy atom. The first-order valence-electron chi connectivity index (χ1n) is 5.02. The second-order valence-electron chi connectivity index (χ2n) is 4.60. The molecule has 1 aliphatic rings. The molecule has 1 aliphatic heterocycles. The van der Waals surface area contributed by atoms with Crippen LogP contribution in [0.4, 0.5) is 0 Å². The minimum atomic E-state index is -0.126. The van der Waals surface area contributed by atoms with Crippen molar-refractivity contribution in [3.8, 4) is 0 Å². The molecule has 0 aliphatic carbocycles. The van der Waals surface area contributed by atoms with Gasteiger partial charge in [-0.1, -0.05) is 5.10 Å². The van der Waals surface area contributed by atoms with Crippen molar-refractivity contribution in [2.75, 3.05) is 13.1 Å². The Labute approximate surface area is 84.9 Å². The molecule has 0 aromatic carbocycles. The molecule has 1 atom stereocenters. The molecule has 0 N–H and O–H groups in total. The van der Waals surface area contributed by atoms with Gasteiger partial charge in [0.25, 0.3) is 6.08 Å². The van der Waals surface area contributed by atoms with E-state index in [2.05, 4.69) is 5.10 Å². The van der Waals surface area contributed by atoms with Crippen molar-refractivity contribution in [2.24, 2.45) is 5.10 Å². The van der Waals surface area contributed by atoms with Gasteiger partial charge in [0.05, 0.1) is 18.2 Å². The minimum Gasteiger partial charge on any atom is -0.371 e. The molecule has 0 bridgehead atoms. The lowest BCUT2D eigenvalue weighted by molar-refractivity contribution is -0.0859. The molecule has 0 saturated carbocycles. The van der Waals surface area contributed by atoms with E-state index in [4.69, 9.17) is 4.74 Å². The van der Waals surface area contributed by atoms with E-state index >= 15 is 0 Å². The summed E-state index contributed by atoms with van der Waals surface area (Å²) in [5.41, 5.74) is -0.126. The minimum absolute atomic E-state index is 0.126. The van der Waals surface area contributed by atoms with Crippen molar-refractivity contribution >= 4 is 6.08 Å². The number of ether oxygens (including phenoxy) is 1. The predicted molar refractivity (Wildman–Crippen MR) is 53.6 cm³/mol. The van der Waals surface area contributed by atoms with Crippen LogP contribution in [0.1, 0.15) is 33.6 Å². The fraction of sp³-hybridized carbons (Fsp3) is 0.900. The Kier molecular flexibility index (Phi) is 3.67. The molecule has 1 saturated heterocycles. The van der Waals surface area contributed by atoms with Crippen LogP contribution in [0.25, 0.3) is 0 Å². The zero-order chi connectivity index (χ0) is 10.6. The molecule has 80 valence electrons. The van der Waals surface area contributed by atoms with Gasteiger partial charge in [0.1, 0.15) is 0 Å². The maximum Gasteiger partial charge on any atom is 0.258 e. The van der Waals surface area contributed by atoms with Crippen molar-refractivity contribution in [2.45, 2.75) is 45.3 Å². The van der Waals surface area contributed by atoms with Gasteiger partial charge < -0.3 is 4.74 Å². The molecule has 0 aromatic heterocycles. The number of hydrogen-bond donors (Lipinski definition) is 0. The van der Waals surface area contributed by atoms with Crippen LogP contribution >= 0.6 is 0 Å². The van der Waals surface area contributed by atoms with Gasteiger partial charge in [0, 0.05) is 6.54 Å². The highest BCUT2D eigenvalue weighted by atomic mass is 16.5. The Bertz CT molecular complexity index is 229. The third kappa shape index (κ3) is 3.90. The summed E-state index contributed by atoms with van der Waals surface area (Å²) in [5.74, 6) is 0.